The third-order valence-electron chi connectivity index (χ3n) is 6.72. The average Bonchev–Trinajstić information content (AvgIpc) is 3.15. The van der Waals surface area contributed by atoms with Crippen molar-refractivity contribution < 1.29 is 24.4 Å². The van der Waals surface area contributed by atoms with E-state index in [0.717, 1.165) is 31.2 Å². The van der Waals surface area contributed by atoms with Crippen molar-refractivity contribution in [3.05, 3.63) is 104 Å². The van der Waals surface area contributed by atoms with Crippen molar-refractivity contribution in [3.63, 3.8) is 0 Å². The van der Waals surface area contributed by atoms with Crippen LogP contribution in [0.15, 0.2) is 81.7 Å². The van der Waals surface area contributed by atoms with E-state index in [2.05, 4.69) is 80.4 Å². The van der Waals surface area contributed by atoms with E-state index in [4.69, 9.17) is 14.2 Å². The third kappa shape index (κ3) is 3.57. The molecule has 2 N–H and O–H groups in total. The van der Waals surface area contributed by atoms with Gasteiger partial charge in [0.05, 0.1) is 18.6 Å². The summed E-state index contributed by atoms with van der Waals surface area (Å²) in [5.74, 6) is 2.60. The second-order valence-corrected chi connectivity index (χ2v) is 10.5. The lowest BCUT2D eigenvalue weighted by Gasteiger charge is -2.39. The van der Waals surface area contributed by atoms with Gasteiger partial charge in [0.15, 0.2) is 0 Å². The molecule has 4 aromatic rings. The fourth-order valence-electron chi connectivity index (χ4n) is 5.41. The summed E-state index contributed by atoms with van der Waals surface area (Å²) in [6.45, 7) is 0.259. The first-order valence-electron chi connectivity index (χ1n) is 11.6. The minimum absolute atomic E-state index is 0.0704. The minimum Gasteiger partial charge on any atom is -0.491 e. The fraction of sp³-hybridized carbons (Fsp3) is 0.172. The van der Waals surface area contributed by atoms with Crippen LogP contribution in [0, 0.1) is 0 Å². The quantitative estimate of drug-likeness (QED) is 0.228. The largest absolute Gasteiger partial charge is 0.491 e. The molecule has 182 valence electrons. The highest BCUT2D eigenvalue weighted by atomic mass is 79.9. The molecule has 0 bridgehead atoms. The number of rotatable bonds is 6. The maximum absolute atomic E-state index is 9.24. The molecule has 0 fully saturated rings. The van der Waals surface area contributed by atoms with Gasteiger partial charge in [-0.1, -0.05) is 56.1 Å². The van der Waals surface area contributed by atoms with Gasteiger partial charge in [0.2, 0.25) is 0 Å². The van der Waals surface area contributed by atoms with Gasteiger partial charge in [-0.05, 0) is 58.7 Å². The maximum atomic E-state index is 9.24. The molecule has 0 unspecified atom stereocenters. The van der Waals surface area contributed by atoms with E-state index < -0.39 is 5.41 Å². The SMILES string of the molecule is OCCOc1ccc2c(c1)Oc1cc(OCCO)ccc1C21c2cc(Br)ccc2-c2ccc(Br)cc21. The number of hydrogen-bond donors (Lipinski definition) is 2. The van der Waals surface area contributed by atoms with Crippen LogP contribution in [0.3, 0.4) is 0 Å². The van der Waals surface area contributed by atoms with E-state index in [1.807, 2.05) is 24.3 Å². The van der Waals surface area contributed by atoms with E-state index in [1.54, 1.807) is 0 Å². The Morgan fingerprint density at radius 1 is 0.611 bits per heavy atom. The summed E-state index contributed by atoms with van der Waals surface area (Å²) in [6, 6.07) is 24.6. The first-order chi connectivity index (χ1) is 17.6. The van der Waals surface area contributed by atoms with Crippen LogP contribution in [0.4, 0.5) is 0 Å². The zero-order valence-electron chi connectivity index (χ0n) is 19.1. The Morgan fingerprint density at radius 2 is 1.08 bits per heavy atom. The summed E-state index contributed by atoms with van der Waals surface area (Å²) in [5, 5.41) is 18.5. The molecule has 4 aromatic carbocycles. The molecule has 1 aliphatic carbocycles. The number of benzene rings is 4. The van der Waals surface area contributed by atoms with Gasteiger partial charge >= 0.3 is 0 Å². The van der Waals surface area contributed by atoms with Gasteiger partial charge in [0.1, 0.15) is 36.2 Å². The molecule has 0 atom stereocenters. The van der Waals surface area contributed by atoms with E-state index in [9.17, 15) is 10.2 Å². The highest BCUT2D eigenvalue weighted by Gasteiger charge is 2.51. The van der Waals surface area contributed by atoms with E-state index in [-0.39, 0.29) is 26.4 Å². The van der Waals surface area contributed by atoms with Crippen LogP contribution in [-0.4, -0.2) is 36.6 Å². The molecule has 7 heteroatoms. The molecular formula is C29H22Br2O5. The smallest absolute Gasteiger partial charge is 0.135 e. The summed E-state index contributed by atoms with van der Waals surface area (Å²) in [5.41, 5.74) is 6.03. The van der Waals surface area contributed by atoms with Gasteiger partial charge in [-0.2, -0.15) is 0 Å². The first-order valence-corrected chi connectivity index (χ1v) is 13.2. The molecule has 0 aromatic heterocycles. The Morgan fingerprint density at radius 3 is 1.53 bits per heavy atom. The minimum atomic E-state index is -0.633. The second kappa shape index (κ2) is 9.23. The molecule has 0 amide bonds. The summed E-state index contributed by atoms with van der Waals surface area (Å²) in [6.07, 6.45) is 0. The number of aliphatic hydroxyl groups excluding tert-OH is 2. The number of fused-ring (bicyclic) bond motifs is 9. The number of halogens is 2. The average molecular weight is 610 g/mol. The molecular weight excluding hydrogens is 588 g/mol. The van der Waals surface area contributed by atoms with Crippen LogP contribution in [0.25, 0.3) is 11.1 Å². The zero-order chi connectivity index (χ0) is 24.9. The molecule has 0 saturated carbocycles. The second-order valence-electron chi connectivity index (χ2n) is 8.69. The lowest BCUT2D eigenvalue weighted by atomic mass is 9.66. The van der Waals surface area contributed by atoms with E-state index in [0.29, 0.717) is 23.0 Å². The van der Waals surface area contributed by atoms with Crippen molar-refractivity contribution in [2.24, 2.45) is 0 Å². The summed E-state index contributed by atoms with van der Waals surface area (Å²) < 4.78 is 19.9. The summed E-state index contributed by atoms with van der Waals surface area (Å²) >= 11 is 7.41. The number of hydrogen-bond acceptors (Lipinski definition) is 5. The van der Waals surface area contributed by atoms with E-state index in [1.165, 1.54) is 11.1 Å². The molecule has 6 rings (SSSR count). The Hall–Kier alpha value is -2.84. The third-order valence-corrected chi connectivity index (χ3v) is 7.70. The standard InChI is InChI=1S/C29H22Br2O5/c30-17-1-5-21-22-6-2-18(31)14-26(22)29(25(21)13-17)23-7-3-19(34-11-9-32)15-27(23)36-28-16-20(35-12-10-33)4-8-24(28)29/h1-8,13-16,32-33H,9-12H2. The maximum Gasteiger partial charge on any atom is 0.135 e. The van der Waals surface area contributed by atoms with Crippen LogP contribution < -0.4 is 14.2 Å². The molecule has 1 aliphatic heterocycles. The number of aliphatic hydroxyl groups is 2. The van der Waals surface area contributed by atoms with E-state index >= 15 is 0 Å². The molecule has 2 aliphatic rings. The predicted molar refractivity (Wildman–Crippen MR) is 144 cm³/mol. The molecule has 0 saturated heterocycles. The zero-order valence-corrected chi connectivity index (χ0v) is 22.3. The van der Waals surface area contributed by atoms with Crippen molar-refractivity contribution in [1.29, 1.82) is 0 Å². The van der Waals surface area contributed by atoms with Crippen LogP contribution in [0.2, 0.25) is 0 Å². The van der Waals surface area contributed by atoms with Crippen molar-refractivity contribution >= 4 is 31.9 Å². The van der Waals surface area contributed by atoms with Gasteiger partial charge in [-0.25, -0.2) is 0 Å². The van der Waals surface area contributed by atoms with Crippen LogP contribution >= 0.6 is 31.9 Å². The monoisotopic (exact) mass is 608 g/mol. The molecule has 5 nitrogen and oxygen atoms in total. The molecule has 1 heterocycles. The van der Waals surface area contributed by atoms with Gasteiger partial charge in [-0.15, -0.1) is 0 Å². The van der Waals surface area contributed by atoms with Gasteiger partial charge in [0, 0.05) is 32.2 Å². The first kappa shape index (κ1) is 23.6. The van der Waals surface area contributed by atoms with Gasteiger partial charge in [-0.3, -0.25) is 0 Å². The summed E-state index contributed by atoms with van der Waals surface area (Å²) in [4.78, 5) is 0. The summed E-state index contributed by atoms with van der Waals surface area (Å²) in [7, 11) is 0. The van der Waals surface area contributed by atoms with Crippen LogP contribution in [0.5, 0.6) is 23.0 Å². The van der Waals surface area contributed by atoms with Crippen molar-refractivity contribution in [1.82, 2.24) is 0 Å². The normalized spacial score (nSPS) is 13.9. The molecule has 0 radical (unpaired) electrons. The Balaban J connectivity index is 1.68. The highest BCUT2D eigenvalue weighted by molar-refractivity contribution is 9.10. The topological polar surface area (TPSA) is 68.2 Å². The molecule has 1 spiro atoms. The fourth-order valence-corrected chi connectivity index (χ4v) is 6.13. The van der Waals surface area contributed by atoms with Crippen molar-refractivity contribution in [2.75, 3.05) is 26.4 Å². The van der Waals surface area contributed by atoms with Crippen molar-refractivity contribution in [3.8, 4) is 34.1 Å². The van der Waals surface area contributed by atoms with Crippen LogP contribution in [0.1, 0.15) is 22.3 Å². The van der Waals surface area contributed by atoms with Gasteiger partial charge in [0.25, 0.3) is 0 Å². The molecule has 36 heavy (non-hydrogen) atoms. The van der Waals surface area contributed by atoms with Crippen LogP contribution in [-0.2, 0) is 5.41 Å². The number of ether oxygens (including phenoxy) is 3. The lowest BCUT2D eigenvalue weighted by molar-refractivity contribution is 0.200. The predicted octanol–water partition coefficient (Wildman–Crippen LogP) is 6.42. The Labute approximate surface area is 225 Å². The highest BCUT2D eigenvalue weighted by Crippen LogP contribution is 2.63. The lowest BCUT2D eigenvalue weighted by Crippen LogP contribution is -2.32. The Kier molecular flexibility index (Phi) is 6.04. The van der Waals surface area contributed by atoms with Crippen molar-refractivity contribution in [2.45, 2.75) is 5.41 Å². The van der Waals surface area contributed by atoms with Gasteiger partial charge < -0.3 is 24.4 Å². The Bertz CT molecular complexity index is 1370.